The number of rotatable bonds is 5. The van der Waals surface area contributed by atoms with Gasteiger partial charge in [-0.05, 0) is 24.3 Å². The smallest absolute Gasteiger partial charge is 0.249 e. The number of carbonyl (C=O) groups excluding carboxylic acids is 1. The molecule has 0 saturated heterocycles. The van der Waals surface area contributed by atoms with Crippen LogP contribution in [-0.4, -0.2) is 32.2 Å². The molecule has 0 heterocycles. The van der Waals surface area contributed by atoms with Crippen LogP contribution < -0.4 is 5.32 Å². The molecule has 2 aromatic rings. The van der Waals surface area contributed by atoms with E-state index in [0.29, 0.717) is 9.99 Å². The Morgan fingerprint density at radius 1 is 1.12 bits per heavy atom. The van der Waals surface area contributed by atoms with E-state index in [0.717, 1.165) is 25.2 Å². The van der Waals surface area contributed by atoms with E-state index >= 15 is 0 Å². The first-order chi connectivity index (χ1) is 11.2. The van der Waals surface area contributed by atoms with Crippen LogP contribution in [0.5, 0.6) is 0 Å². The number of benzene rings is 2. The van der Waals surface area contributed by atoms with Gasteiger partial charge in [-0.25, -0.2) is 17.2 Å². The van der Waals surface area contributed by atoms with Gasteiger partial charge in [-0.2, -0.15) is 4.31 Å². The maximum absolute atomic E-state index is 13.7. The van der Waals surface area contributed by atoms with Gasteiger partial charge in [0.2, 0.25) is 15.9 Å². The highest BCUT2D eigenvalue weighted by Crippen LogP contribution is 2.23. The van der Waals surface area contributed by atoms with Gasteiger partial charge in [0, 0.05) is 7.05 Å². The normalized spacial score (nSPS) is 11.5. The van der Waals surface area contributed by atoms with Crippen LogP contribution in [0.1, 0.15) is 0 Å². The monoisotopic (exact) mass is 374 g/mol. The molecule has 0 unspecified atom stereocenters. The lowest BCUT2D eigenvalue weighted by Gasteiger charge is -2.18. The number of amides is 1. The Morgan fingerprint density at radius 3 is 2.29 bits per heavy atom. The Morgan fingerprint density at radius 2 is 1.71 bits per heavy atom. The Bertz CT molecular complexity index is 855. The van der Waals surface area contributed by atoms with Crippen molar-refractivity contribution < 1.29 is 22.0 Å². The molecule has 0 radical (unpaired) electrons. The van der Waals surface area contributed by atoms with E-state index in [-0.39, 0.29) is 5.02 Å². The van der Waals surface area contributed by atoms with Crippen LogP contribution in [0.4, 0.5) is 14.5 Å². The minimum atomic E-state index is -4.51. The van der Waals surface area contributed by atoms with Crippen molar-refractivity contribution in [1.29, 1.82) is 0 Å². The summed E-state index contributed by atoms with van der Waals surface area (Å²) in [5.41, 5.74) is 0.298. The Labute approximate surface area is 142 Å². The Kier molecular flexibility index (Phi) is 5.53. The molecule has 0 aliphatic rings. The largest absolute Gasteiger partial charge is 0.324 e. The number of halogens is 3. The Balaban J connectivity index is 2.18. The fraction of sp³-hybridized carbons (Fsp3) is 0.133. The number of para-hydroxylation sites is 1. The average molecular weight is 375 g/mol. The van der Waals surface area contributed by atoms with Gasteiger partial charge < -0.3 is 5.32 Å². The number of hydrogen-bond acceptors (Lipinski definition) is 3. The molecule has 0 fully saturated rings. The van der Waals surface area contributed by atoms with Gasteiger partial charge in [-0.1, -0.05) is 29.8 Å². The minimum absolute atomic E-state index is 0.275. The van der Waals surface area contributed by atoms with Gasteiger partial charge in [-0.3, -0.25) is 4.79 Å². The number of anilines is 1. The summed E-state index contributed by atoms with van der Waals surface area (Å²) >= 11 is 5.89. The quantitative estimate of drug-likeness (QED) is 0.875. The van der Waals surface area contributed by atoms with Gasteiger partial charge in [0.05, 0.1) is 17.3 Å². The second-order valence-electron chi connectivity index (χ2n) is 4.84. The predicted molar refractivity (Wildman–Crippen MR) is 86.3 cm³/mol. The van der Waals surface area contributed by atoms with Gasteiger partial charge in [0.25, 0.3) is 0 Å². The number of carbonyl (C=O) groups is 1. The summed E-state index contributed by atoms with van der Waals surface area (Å²) in [5, 5.41) is 2.70. The lowest BCUT2D eigenvalue weighted by atomic mass is 10.3. The second-order valence-corrected chi connectivity index (χ2v) is 7.23. The van der Waals surface area contributed by atoms with E-state index in [9.17, 15) is 22.0 Å². The summed E-state index contributed by atoms with van der Waals surface area (Å²) in [4.78, 5) is 10.9. The molecule has 5 nitrogen and oxygen atoms in total. The van der Waals surface area contributed by atoms with Crippen LogP contribution in [0.25, 0.3) is 0 Å². The summed E-state index contributed by atoms with van der Waals surface area (Å²) in [6.45, 7) is -0.638. The number of nitrogens with zero attached hydrogens (tertiary/aromatic N) is 1. The maximum atomic E-state index is 13.7. The third-order valence-electron chi connectivity index (χ3n) is 3.10. The molecule has 1 N–H and O–H groups in total. The molecule has 0 saturated carbocycles. The van der Waals surface area contributed by atoms with Gasteiger partial charge >= 0.3 is 0 Å². The van der Waals surface area contributed by atoms with Crippen LogP contribution >= 0.6 is 11.6 Å². The Hall–Kier alpha value is -2.03. The zero-order chi connectivity index (χ0) is 17.9. The molecule has 1 amide bonds. The average Bonchev–Trinajstić information content (AvgIpc) is 2.49. The third kappa shape index (κ3) is 3.89. The van der Waals surface area contributed by atoms with Gasteiger partial charge in [0.1, 0.15) is 11.6 Å². The highest BCUT2D eigenvalue weighted by Gasteiger charge is 2.29. The fourth-order valence-electron chi connectivity index (χ4n) is 1.92. The van der Waals surface area contributed by atoms with Crippen molar-refractivity contribution in [2.45, 2.75) is 4.90 Å². The molecule has 24 heavy (non-hydrogen) atoms. The van der Waals surface area contributed by atoms with E-state index in [1.54, 1.807) is 18.2 Å². The maximum Gasteiger partial charge on any atom is 0.249 e. The molecule has 2 rings (SSSR count). The number of sulfonamides is 1. The highest BCUT2D eigenvalue weighted by molar-refractivity contribution is 7.89. The van der Waals surface area contributed by atoms with E-state index in [1.165, 1.54) is 6.07 Å². The molecule has 0 bridgehead atoms. The SMILES string of the molecule is CN(CC(=O)Nc1ccccc1Cl)S(=O)(=O)c1c(F)cccc1F. The van der Waals surface area contributed by atoms with Gasteiger partial charge in [-0.15, -0.1) is 0 Å². The summed E-state index contributed by atoms with van der Waals surface area (Å²) in [5.74, 6) is -3.16. The number of hydrogen-bond donors (Lipinski definition) is 1. The summed E-state index contributed by atoms with van der Waals surface area (Å²) in [6, 6.07) is 9.08. The predicted octanol–water partition coefficient (Wildman–Crippen LogP) is 2.88. The molecule has 2 aromatic carbocycles. The standard InChI is InChI=1S/C15H13ClF2N2O3S/c1-20(9-14(21)19-13-8-3-2-5-10(13)16)24(22,23)15-11(17)6-4-7-12(15)18/h2-8H,9H2,1H3,(H,19,21). The first kappa shape index (κ1) is 18.3. The first-order valence-corrected chi connectivity index (χ1v) is 8.50. The zero-order valence-corrected chi connectivity index (χ0v) is 14.0. The van der Waals surface area contributed by atoms with Crippen LogP contribution in [0.15, 0.2) is 47.4 Å². The molecular weight excluding hydrogens is 362 g/mol. The summed E-state index contributed by atoms with van der Waals surface area (Å²) in [7, 11) is -3.46. The molecule has 0 atom stereocenters. The first-order valence-electron chi connectivity index (χ1n) is 6.68. The minimum Gasteiger partial charge on any atom is -0.324 e. The molecular formula is C15H13ClF2N2O3S. The van der Waals surface area contributed by atoms with Crippen molar-refractivity contribution in [2.24, 2.45) is 0 Å². The van der Waals surface area contributed by atoms with Crippen molar-refractivity contribution >= 4 is 33.2 Å². The molecule has 0 aliphatic heterocycles. The van der Waals surface area contributed by atoms with E-state index in [2.05, 4.69) is 5.32 Å². The van der Waals surface area contributed by atoms with Crippen LogP contribution in [0.3, 0.4) is 0 Å². The fourth-order valence-corrected chi connectivity index (χ4v) is 3.34. The van der Waals surface area contributed by atoms with Crippen molar-refractivity contribution in [3.05, 3.63) is 59.1 Å². The molecule has 0 spiro atoms. The topological polar surface area (TPSA) is 66.5 Å². The van der Waals surface area contributed by atoms with E-state index in [1.807, 2.05) is 0 Å². The van der Waals surface area contributed by atoms with Crippen LogP contribution in [0.2, 0.25) is 5.02 Å². The third-order valence-corrected chi connectivity index (χ3v) is 5.29. The number of likely N-dealkylation sites (N-methyl/N-ethyl adjacent to an activating group) is 1. The van der Waals surface area contributed by atoms with Crippen LogP contribution in [0, 0.1) is 11.6 Å². The lowest BCUT2D eigenvalue weighted by molar-refractivity contribution is -0.116. The number of nitrogens with one attached hydrogen (secondary N) is 1. The molecule has 0 aliphatic carbocycles. The van der Waals surface area contributed by atoms with E-state index in [4.69, 9.17) is 11.6 Å². The molecule has 128 valence electrons. The summed E-state index contributed by atoms with van der Waals surface area (Å²) < 4.78 is 52.5. The molecule has 9 heteroatoms. The highest BCUT2D eigenvalue weighted by atomic mass is 35.5. The second kappa shape index (κ2) is 7.25. The zero-order valence-electron chi connectivity index (χ0n) is 12.5. The van der Waals surface area contributed by atoms with Crippen LogP contribution in [-0.2, 0) is 14.8 Å². The molecule has 0 aromatic heterocycles. The van der Waals surface area contributed by atoms with Gasteiger partial charge in [0.15, 0.2) is 4.90 Å². The summed E-state index contributed by atoms with van der Waals surface area (Å²) in [6.07, 6.45) is 0. The van der Waals surface area contributed by atoms with Crippen molar-refractivity contribution in [2.75, 3.05) is 18.9 Å². The van der Waals surface area contributed by atoms with E-state index < -0.39 is 39.0 Å². The van der Waals surface area contributed by atoms with Crippen molar-refractivity contribution in [3.63, 3.8) is 0 Å². The lowest BCUT2D eigenvalue weighted by Crippen LogP contribution is -2.35. The van der Waals surface area contributed by atoms with Crippen molar-refractivity contribution in [3.8, 4) is 0 Å². The van der Waals surface area contributed by atoms with Crippen molar-refractivity contribution in [1.82, 2.24) is 4.31 Å².